The Balaban J connectivity index is 1.64. The first-order chi connectivity index (χ1) is 11.5. The van der Waals surface area contributed by atoms with E-state index < -0.39 is 11.8 Å². The van der Waals surface area contributed by atoms with Crippen LogP contribution in [0, 0.1) is 23.2 Å². The van der Waals surface area contributed by atoms with Gasteiger partial charge in [0.2, 0.25) is 0 Å². The highest BCUT2D eigenvalue weighted by molar-refractivity contribution is 6.35. The summed E-state index contributed by atoms with van der Waals surface area (Å²) >= 11 is 0. The molecular weight excluding hydrogens is 300 g/mol. The molecule has 1 N–H and O–H groups in total. The second-order valence-electron chi connectivity index (χ2n) is 8.26. The van der Waals surface area contributed by atoms with Crippen LogP contribution in [0.25, 0.3) is 0 Å². The molecule has 1 unspecified atom stereocenters. The van der Waals surface area contributed by atoms with E-state index in [1.807, 2.05) is 0 Å². The average molecular weight is 330 g/mol. The highest BCUT2D eigenvalue weighted by Crippen LogP contribution is 2.61. The molecule has 1 atom stereocenters. The monoisotopic (exact) mass is 330 g/mol. The first-order valence-corrected chi connectivity index (χ1v) is 9.29. The Hall–Kier alpha value is -1.58. The van der Waals surface area contributed by atoms with Gasteiger partial charge in [-0.05, 0) is 68.6 Å². The molecule has 0 aromatic heterocycles. The number of rotatable bonds is 6. The fourth-order valence-electron chi connectivity index (χ4n) is 5.82. The molecular formula is C20H30N2O2. The molecule has 4 fully saturated rings. The number of carbonyl (C=O) groups is 2. The molecule has 0 aromatic rings. The van der Waals surface area contributed by atoms with Crippen molar-refractivity contribution in [1.29, 1.82) is 0 Å². The third-order valence-corrected chi connectivity index (χ3v) is 6.53. The van der Waals surface area contributed by atoms with Crippen molar-refractivity contribution in [1.82, 2.24) is 10.2 Å². The van der Waals surface area contributed by atoms with Gasteiger partial charge in [0, 0.05) is 19.1 Å². The van der Waals surface area contributed by atoms with Crippen LogP contribution in [0.3, 0.4) is 0 Å². The van der Waals surface area contributed by atoms with Gasteiger partial charge in [0.1, 0.15) is 0 Å². The Kier molecular flexibility index (Phi) is 4.84. The number of nitrogens with zero attached hydrogens (tertiary/aromatic N) is 1. The first-order valence-electron chi connectivity index (χ1n) is 9.29. The standard InChI is InChI=1S/C20H30N2O2/c1-4-6-22(7-5-2)19(24)18(23)21-14(3)20-11-15-8-16(12-20)10-17(9-15)13-20/h4-5,14-17H,1-2,6-13H2,3H3,(H,21,23). The van der Waals surface area contributed by atoms with Gasteiger partial charge in [-0.3, -0.25) is 9.59 Å². The molecule has 4 aliphatic rings. The Morgan fingerprint density at radius 2 is 1.54 bits per heavy atom. The molecule has 0 radical (unpaired) electrons. The SMILES string of the molecule is C=CCN(CC=C)C(=O)C(=O)NC(C)C12CC3CC(CC(C3)C1)C2. The van der Waals surface area contributed by atoms with E-state index in [1.54, 1.807) is 12.2 Å². The summed E-state index contributed by atoms with van der Waals surface area (Å²) in [6.45, 7) is 10.1. The zero-order chi connectivity index (χ0) is 17.3. The Bertz CT molecular complexity index is 494. The van der Waals surface area contributed by atoms with Crippen molar-refractivity contribution in [3.8, 4) is 0 Å². The number of amides is 2. The third-order valence-electron chi connectivity index (χ3n) is 6.53. The van der Waals surface area contributed by atoms with Crippen molar-refractivity contribution in [3.63, 3.8) is 0 Å². The number of nitrogens with one attached hydrogen (secondary N) is 1. The Morgan fingerprint density at radius 3 is 1.96 bits per heavy atom. The lowest BCUT2D eigenvalue weighted by molar-refractivity contribution is -0.147. The minimum Gasteiger partial charge on any atom is -0.345 e. The largest absolute Gasteiger partial charge is 0.345 e. The van der Waals surface area contributed by atoms with Crippen LogP contribution >= 0.6 is 0 Å². The molecule has 4 aliphatic carbocycles. The second kappa shape index (κ2) is 6.73. The van der Waals surface area contributed by atoms with Gasteiger partial charge in [-0.15, -0.1) is 13.2 Å². The van der Waals surface area contributed by atoms with E-state index >= 15 is 0 Å². The lowest BCUT2D eigenvalue weighted by atomic mass is 9.48. The second-order valence-corrected chi connectivity index (χ2v) is 8.26. The van der Waals surface area contributed by atoms with Crippen molar-refractivity contribution in [2.75, 3.05) is 13.1 Å². The molecule has 0 aliphatic heterocycles. The fourth-order valence-corrected chi connectivity index (χ4v) is 5.82. The molecule has 4 heteroatoms. The van der Waals surface area contributed by atoms with Crippen LogP contribution in [0.15, 0.2) is 25.3 Å². The maximum Gasteiger partial charge on any atom is 0.312 e. The Labute approximate surface area is 145 Å². The molecule has 132 valence electrons. The molecule has 0 saturated heterocycles. The van der Waals surface area contributed by atoms with Crippen LogP contribution in [-0.2, 0) is 9.59 Å². The lowest BCUT2D eigenvalue weighted by Crippen LogP contribution is -2.57. The van der Waals surface area contributed by atoms with Crippen molar-refractivity contribution in [2.45, 2.75) is 51.5 Å². The average Bonchev–Trinajstić information content (AvgIpc) is 2.52. The van der Waals surface area contributed by atoms with Gasteiger partial charge < -0.3 is 10.2 Å². The summed E-state index contributed by atoms with van der Waals surface area (Å²) in [4.78, 5) is 26.3. The zero-order valence-corrected chi connectivity index (χ0v) is 14.8. The highest BCUT2D eigenvalue weighted by Gasteiger charge is 2.53. The van der Waals surface area contributed by atoms with E-state index in [-0.39, 0.29) is 11.5 Å². The van der Waals surface area contributed by atoms with Gasteiger partial charge >= 0.3 is 11.8 Å². The van der Waals surface area contributed by atoms with Gasteiger partial charge in [-0.1, -0.05) is 12.2 Å². The summed E-state index contributed by atoms with van der Waals surface area (Å²) in [7, 11) is 0. The van der Waals surface area contributed by atoms with E-state index in [1.165, 1.54) is 43.4 Å². The van der Waals surface area contributed by atoms with Crippen LogP contribution in [0.4, 0.5) is 0 Å². The van der Waals surface area contributed by atoms with Crippen molar-refractivity contribution in [2.24, 2.45) is 23.2 Å². The van der Waals surface area contributed by atoms with Gasteiger partial charge in [0.05, 0.1) is 0 Å². The molecule has 0 spiro atoms. The van der Waals surface area contributed by atoms with Gasteiger partial charge in [0.15, 0.2) is 0 Å². The van der Waals surface area contributed by atoms with E-state index in [0.29, 0.717) is 13.1 Å². The van der Waals surface area contributed by atoms with Crippen LogP contribution in [0.5, 0.6) is 0 Å². The normalized spacial score (nSPS) is 34.5. The molecule has 4 bridgehead atoms. The smallest absolute Gasteiger partial charge is 0.312 e. The fraction of sp³-hybridized carbons (Fsp3) is 0.700. The molecule has 4 saturated carbocycles. The molecule has 4 nitrogen and oxygen atoms in total. The summed E-state index contributed by atoms with van der Waals surface area (Å²) in [5.74, 6) is 1.55. The highest BCUT2D eigenvalue weighted by atomic mass is 16.2. The van der Waals surface area contributed by atoms with Crippen molar-refractivity contribution in [3.05, 3.63) is 25.3 Å². The zero-order valence-electron chi connectivity index (χ0n) is 14.8. The molecule has 0 aromatic carbocycles. The van der Waals surface area contributed by atoms with Crippen LogP contribution in [0.1, 0.15) is 45.4 Å². The van der Waals surface area contributed by atoms with Gasteiger partial charge in [-0.2, -0.15) is 0 Å². The van der Waals surface area contributed by atoms with E-state index in [2.05, 4.69) is 25.4 Å². The number of carbonyl (C=O) groups excluding carboxylic acids is 2. The maximum absolute atomic E-state index is 12.5. The summed E-state index contributed by atoms with van der Waals surface area (Å²) in [6.07, 6.45) is 11.1. The Morgan fingerprint density at radius 1 is 1.08 bits per heavy atom. The third kappa shape index (κ3) is 3.15. The predicted molar refractivity (Wildman–Crippen MR) is 95.2 cm³/mol. The first kappa shape index (κ1) is 17.2. The maximum atomic E-state index is 12.5. The minimum atomic E-state index is -0.484. The van der Waals surface area contributed by atoms with Crippen molar-refractivity contribution >= 4 is 11.8 Å². The van der Waals surface area contributed by atoms with Crippen LogP contribution in [0.2, 0.25) is 0 Å². The van der Waals surface area contributed by atoms with Gasteiger partial charge in [0.25, 0.3) is 0 Å². The lowest BCUT2D eigenvalue weighted by Gasteiger charge is -2.59. The topological polar surface area (TPSA) is 49.4 Å². The quantitative estimate of drug-likeness (QED) is 0.601. The molecule has 0 heterocycles. The summed E-state index contributed by atoms with van der Waals surface area (Å²) in [6, 6.07) is 0.0664. The summed E-state index contributed by atoms with van der Waals surface area (Å²) < 4.78 is 0. The van der Waals surface area contributed by atoms with E-state index in [4.69, 9.17) is 0 Å². The van der Waals surface area contributed by atoms with Crippen LogP contribution in [-0.4, -0.2) is 35.8 Å². The summed E-state index contributed by atoms with van der Waals surface area (Å²) in [5.41, 5.74) is 0.215. The predicted octanol–water partition coefficient (Wildman–Crippen LogP) is 2.91. The molecule has 4 rings (SSSR count). The minimum absolute atomic E-state index is 0.0664. The van der Waals surface area contributed by atoms with E-state index in [9.17, 15) is 9.59 Å². The molecule has 2 amide bonds. The molecule has 24 heavy (non-hydrogen) atoms. The number of hydrogen-bond acceptors (Lipinski definition) is 2. The van der Waals surface area contributed by atoms with Crippen molar-refractivity contribution < 1.29 is 9.59 Å². The summed E-state index contributed by atoms with van der Waals surface area (Å²) in [5, 5.41) is 3.04. The van der Waals surface area contributed by atoms with Crippen LogP contribution < -0.4 is 5.32 Å². The van der Waals surface area contributed by atoms with E-state index in [0.717, 1.165) is 17.8 Å². The van der Waals surface area contributed by atoms with Gasteiger partial charge in [-0.25, -0.2) is 0 Å². The number of hydrogen-bond donors (Lipinski definition) is 1.